The van der Waals surface area contributed by atoms with Gasteiger partial charge in [0.1, 0.15) is 18.6 Å². The second-order valence-electron chi connectivity index (χ2n) is 7.06. The second kappa shape index (κ2) is 13.4. The largest absolute Gasteiger partial charge is 0.481 e. The molecule has 0 bridgehead atoms. The van der Waals surface area contributed by atoms with Gasteiger partial charge in [-0.1, -0.05) is 30.3 Å². The molecule has 33 heavy (non-hydrogen) atoms. The quantitative estimate of drug-likeness (QED) is 0.161. The summed E-state index contributed by atoms with van der Waals surface area (Å²) < 4.78 is 0. The molecule has 0 saturated carbocycles. The summed E-state index contributed by atoms with van der Waals surface area (Å²) in [7, 11) is 0. The van der Waals surface area contributed by atoms with E-state index in [2.05, 4.69) is 16.0 Å². The zero-order valence-corrected chi connectivity index (χ0v) is 17.5. The predicted octanol–water partition coefficient (Wildman–Crippen LogP) is -1.93. The van der Waals surface area contributed by atoms with Gasteiger partial charge >= 0.3 is 17.9 Å². The van der Waals surface area contributed by atoms with Gasteiger partial charge in [0.25, 0.3) is 0 Å². The molecule has 13 nitrogen and oxygen atoms in total. The molecule has 0 aromatic heterocycles. The minimum Gasteiger partial charge on any atom is -0.481 e. The molecule has 1 rings (SSSR count). The molecule has 0 aliphatic heterocycles. The number of carbonyl (C=O) groups excluding carboxylic acids is 3. The first-order chi connectivity index (χ1) is 15.5. The van der Waals surface area contributed by atoms with Crippen molar-refractivity contribution < 1.29 is 44.1 Å². The van der Waals surface area contributed by atoms with Crippen molar-refractivity contribution in [1.82, 2.24) is 16.0 Å². The average Bonchev–Trinajstić information content (AvgIpc) is 2.74. The molecule has 0 aliphatic rings. The Balaban J connectivity index is 3.03. The molecule has 1 aromatic carbocycles. The number of carbonyl (C=O) groups is 6. The minimum atomic E-state index is -1.43. The first-order valence-electron chi connectivity index (χ1n) is 9.83. The van der Waals surface area contributed by atoms with E-state index >= 15 is 0 Å². The molecule has 3 atom stereocenters. The van der Waals surface area contributed by atoms with Crippen LogP contribution >= 0.6 is 0 Å². The molecular weight excluding hydrogens is 440 g/mol. The van der Waals surface area contributed by atoms with Gasteiger partial charge in [-0.05, 0) is 12.0 Å². The van der Waals surface area contributed by atoms with E-state index in [0.717, 1.165) is 0 Å². The SMILES string of the molecule is NC(CC(=O)O)C(=O)NC(Cc1ccccc1)C(=O)NC(CCC(=O)O)C(=O)NCC(=O)O. The third-order valence-electron chi connectivity index (χ3n) is 4.34. The molecule has 0 radical (unpaired) electrons. The predicted molar refractivity (Wildman–Crippen MR) is 112 cm³/mol. The van der Waals surface area contributed by atoms with E-state index in [0.29, 0.717) is 5.56 Å². The van der Waals surface area contributed by atoms with Crippen LogP contribution in [-0.2, 0) is 35.2 Å². The minimum absolute atomic E-state index is 0.0411. The Kier molecular flexibility index (Phi) is 11.0. The van der Waals surface area contributed by atoms with Crippen molar-refractivity contribution in [2.45, 2.75) is 43.8 Å². The molecule has 180 valence electrons. The summed E-state index contributed by atoms with van der Waals surface area (Å²) in [5.41, 5.74) is 6.18. The summed E-state index contributed by atoms with van der Waals surface area (Å²) in [5.74, 6) is -6.59. The highest BCUT2D eigenvalue weighted by Gasteiger charge is 2.29. The van der Waals surface area contributed by atoms with Crippen molar-refractivity contribution in [3.05, 3.63) is 35.9 Å². The standard InChI is InChI=1S/C20H26N4O9/c21-12(9-16(27)28)18(31)24-14(8-11-4-2-1-3-5-11)20(33)23-13(6-7-15(25)26)19(32)22-10-17(29)30/h1-5,12-14H,6-10,21H2,(H,22,32)(H,23,33)(H,24,31)(H,25,26)(H,27,28)(H,29,30). The van der Waals surface area contributed by atoms with Crippen LogP contribution < -0.4 is 21.7 Å². The summed E-state index contributed by atoms with van der Waals surface area (Å²) in [6.07, 6.45) is -1.55. The van der Waals surface area contributed by atoms with Crippen molar-refractivity contribution in [3.8, 4) is 0 Å². The van der Waals surface area contributed by atoms with Crippen molar-refractivity contribution in [3.63, 3.8) is 0 Å². The highest BCUT2D eigenvalue weighted by Crippen LogP contribution is 2.06. The van der Waals surface area contributed by atoms with Gasteiger partial charge in [0.05, 0.1) is 12.5 Å². The van der Waals surface area contributed by atoms with Crippen molar-refractivity contribution in [2.24, 2.45) is 5.73 Å². The van der Waals surface area contributed by atoms with Crippen molar-refractivity contribution >= 4 is 35.6 Å². The Hall–Kier alpha value is -4.00. The maximum absolute atomic E-state index is 12.9. The van der Waals surface area contributed by atoms with Crippen LogP contribution in [-0.4, -0.2) is 75.6 Å². The Morgan fingerprint density at radius 2 is 1.39 bits per heavy atom. The molecule has 3 amide bonds. The van der Waals surface area contributed by atoms with E-state index in [1.54, 1.807) is 30.3 Å². The number of hydrogen-bond acceptors (Lipinski definition) is 7. The van der Waals surface area contributed by atoms with Gasteiger partial charge in [0.2, 0.25) is 17.7 Å². The lowest BCUT2D eigenvalue weighted by molar-refractivity contribution is -0.140. The van der Waals surface area contributed by atoms with E-state index in [4.69, 9.17) is 21.1 Å². The molecular formula is C20H26N4O9. The van der Waals surface area contributed by atoms with Crippen LogP contribution in [0.4, 0.5) is 0 Å². The van der Waals surface area contributed by atoms with Gasteiger partial charge in [-0.25, -0.2) is 0 Å². The number of amides is 3. The zero-order valence-electron chi connectivity index (χ0n) is 17.5. The number of nitrogens with two attached hydrogens (primary N) is 1. The third kappa shape index (κ3) is 10.7. The number of carboxylic acids is 3. The smallest absolute Gasteiger partial charge is 0.322 e. The molecule has 13 heteroatoms. The molecule has 0 aliphatic carbocycles. The Labute approximate surface area is 188 Å². The van der Waals surface area contributed by atoms with E-state index in [1.807, 2.05) is 0 Å². The molecule has 0 spiro atoms. The van der Waals surface area contributed by atoms with Gasteiger partial charge in [-0.2, -0.15) is 0 Å². The van der Waals surface area contributed by atoms with E-state index in [1.165, 1.54) is 0 Å². The Bertz CT molecular complexity index is 876. The maximum atomic E-state index is 12.9. The first kappa shape index (κ1) is 27.0. The number of rotatable bonds is 14. The number of hydrogen-bond donors (Lipinski definition) is 7. The molecule has 0 fully saturated rings. The van der Waals surface area contributed by atoms with Crippen LogP contribution in [0.1, 0.15) is 24.8 Å². The monoisotopic (exact) mass is 466 g/mol. The fourth-order valence-corrected chi connectivity index (χ4v) is 2.71. The molecule has 0 saturated heterocycles. The fraction of sp³-hybridized carbons (Fsp3) is 0.400. The second-order valence-corrected chi connectivity index (χ2v) is 7.06. The lowest BCUT2D eigenvalue weighted by Crippen LogP contribution is -2.56. The summed E-state index contributed by atoms with van der Waals surface area (Å²) in [5, 5.41) is 33.2. The number of aliphatic carboxylic acids is 3. The van der Waals surface area contributed by atoms with E-state index < -0.39 is 73.1 Å². The van der Waals surface area contributed by atoms with Crippen LogP contribution in [0.15, 0.2) is 30.3 Å². The zero-order chi connectivity index (χ0) is 25.0. The molecule has 0 heterocycles. The van der Waals surface area contributed by atoms with E-state index in [9.17, 15) is 28.8 Å². The Morgan fingerprint density at radius 1 is 0.788 bits per heavy atom. The van der Waals surface area contributed by atoms with Gasteiger partial charge < -0.3 is 37.0 Å². The maximum Gasteiger partial charge on any atom is 0.322 e. The summed E-state index contributed by atoms with van der Waals surface area (Å²) in [6, 6.07) is 4.35. The summed E-state index contributed by atoms with van der Waals surface area (Å²) >= 11 is 0. The lowest BCUT2D eigenvalue weighted by Gasteiger charge is -2.24. The number of carboxylic acid groups (broad SMARTS) is 3. The van der Waals surface area contributed by atoms with Crippen LogP contribution in [0.5, 0.6) is 0 Å². The fourth-order valence-electron chi connectivity index (χ4n) is 2.71. The normalized spacial score (nSPS) is 13.1. The van der Waals surface area contributed by atoms with Gasteiger partial charge in [0, 0.05) is 12.8 Å². The first-order valence-corrected chi connectivity index (χ1v) is 9.83. The van der Waals surface area contributed by atoms with Crippen LogP contribution in [0.3, 0.4) is 0 Å². The van der Waals surface area contributed by atoms with Gasteiger partial charge in [-0.3, -0.25) is 28.8 Å². The highest BCUT2D eigenvalue weighted by molar-refractivity contribution is 5.94. The molecule has 3 unspecified atom stereocenters. The molecule has 8 N–H and O–H groups in total. The van der Waals surface area contributed by atoms with Crippen LogP contribution in [0.25, 0.3) is 0 Å². The van der Waals surface area contributed by atoms with Crippen molar-refractivity contribution in [2.75, 3.05) is 6.54 Å². The topological polar surface area (TPSA) is 225 Å². The average molecular weight is 466 g/mol. The Morgan fingerprint density at radius 3 is 1.94 bits per heavy atom. The lowest BCUT2D eigenvalue weighted by atomic mass is 10.0. The number of nitrogens with one attached hydrogen (secondary N) is 3. The summed E-state index contributed by atoms with van der Waals surface area (Å²) in [6.45, 7) is -0.744. The van der Waals surface area contributed by atoms with Crippen LogP contribution in [0, 0.1) is 0 Å². The summed E-state index contributed by atoms with van der Waals surface area (Å²) in [4.78, 5) is 69.9. The highest BCUT2D eigenvalue weighted by atomic mass is 16.4. The van der Waals surface area contributed by atoms with Gasteiger partial charge in [-0.15, -0.1) is 0 Å². The van der Waals surface area contributed by atoms with Gasteiger partial charge in [0.15, 0.2) is 0 Å². The number of benzene rings is 1. The van der Waals surface area contributed by atoms with Crippen LogP contribution in [0.2, 0.25) is 0 Å². The van der Waals surface area contributed by atoms with E-state index in [-0.39, 0.29) is 12.8 Å². The van der Waals surface area contributed by atoms with Crippen molar-refractivity contribution in [1.29, 1.82) is 0 Å². The molecule has 1 aromatic rings. The third-order valence-corrected chi connectivity index (χ3v) is 4.34.